The molecule has 0 atom stereocenters. The molecule has 3 aliphatic rings. The van der Waals surface area contributed by atoms with Gasteiger partial charge in [0, 0.05) is 84.4 Å². The van der Waals surface area contributed by atoms with Gasteiger partial charge >= 0.3 is 7.12 Å². The summed E-state index contributed by atoms with van der Waals surface area (Å²) < 4.78 is 28.9. The summed E-state index contributed by atoms with van der Waals surface area (Å²) in [5.41, 5.74) is 11.6. The molecule has 0 radical (unpaired) electrons. The van der Waals surface area contributed by atoms with Crippen LogP contribution in [0.4, 0.5) is 0 Å². The first-order valence-corrected chi connectivity index (χ1v) is 27.5. The first kappa shape index (κ1) is 52.8. The Kier molecular flexibility index (Phi) is 15.1. The zero-order chi connectivity index (χ0) is 54.1. The van der Waals surface area contributed by atoms with Gasteiger partial charge in [-0.3, -0.25) is 19.9 Å². The highest BCUT2D eigenvalue weighted by Gasteiger charge is 2.52. The van der Waals surface area contributed by atoms with Gasteiger partial charge in [-0.2, -0.15) is 10.2 Å². The molecule has 3 fully saturated rings. The fourth-order valence-corrected chi connectivity index (χ4v) is 10.3. The van der Waals surface area contributed by atoms with Crippen molar-refractivity contribution in [3.63, 3.8) is 0 Å². The van der Waals surface area contributed by atoms with Gasteiger partial charge in [-0.15, -0.1) is 0 Å². The van der Waals surface area contributed by atoms with Crippen LogP contribution in [0.2, 0.25) is 0 Å². The van der Waals surface area contributed by atoms with Crippen LogP contribution in [0.1, 0.15) is 64.8 Å². The van der Waals surface area contributed by atoms with Gasteiger partial charge in [-0.05, 0) is 162 Å². The lowest BCUT2D eigenvalue weighted by Gasteiger charge is -2.32. The van der Waals surface area contributed by atoms with Crippen molar-refractivity contribution < 1.29 is 18.8 Å². The number of pyridine rings is 4. The van der Waals surface area contributed by atoms with Gasteiger partial charge in [-0.1, -0.05) is 36.4 Å². The second kappa shape index (κ2) is 22.3. The molecule has 0 N–H and O–H groups in total. The highest BCUT2D eigenvalue weighted by molar-refractivity contribution is 9.10. The molecule has 0 spiro atoms. The number of hydrogen-bond donors (Lipinski definition) is 0. The summed E-state index contributed by atoms with van der Waals surface area (Å²) in [4.78, 5) is 32.2. The van der Waals surface area contributed by atoms with E-state index in [1.807, 2.05) is 110 Å². The van der Waals surface area contributed by atoms with Gasteiger partial charge in [0.2, 0.25) is 0 Å². The van der Waals surface area contributed by atoms with E-state index < -0.39 is 0 Å². The molecule has 18 heteroatoms. The number of aromatic nitrogens is 10. The summed E-state index contributed by atoms with van der Waals surface area (Å²) in [5.74, 6) is 1.64. The topological polar surface area (TPSA) is 155 Å². The van der Waals surface area contributed by atoms with Crippen molar-refractivity contribution in [2.75, 3.05) is 40.3 Å². The van der Waals surface area contributed by atoms with E-state index in [0.717, 1.165) is 151 Å². The molecule has 3 aliphatic heterocycles. The Morgan fingerprint density at radius 3 is 1.59 bits per heavy atom. The second-order valence-corrected chi connectivity index (χ2v) is 22.4. The molecule has 11 heterocycles. The van der Waals surface area contributed by atoms with Gasteiger partial charge in [0.15, 0.2) is 11.3 Å². The fraction of sp³-hybridized carbons (Fsp3) is 0.333. The molecule has 8 aromatic heterocycles. The number of hydrogen-bond acceptors (Lipinski definition) is 14. The number of ether oxygens (including phenoxy) is 2. The van der Waals surface area contributed by atoms with Crippen LogP contribution in [0.15, 0.2) is 139 Å². The predicted octanol–water partition coefficient (Wildman–Crippen LogP) is 10.7. The molecule has 16 nitrogen and oxygen atoms in total. The van der Waals surface area contributed by atoms with E-state index in [1.54, 1.807) is 23.1 Å². The van der Waals surface area contributed by atoms with Crippen molar-refractivity contribution in [2.45, 2.75) is 90.6 Å². The largest absolute Gasteiger partial charge is 0.495 e. The number of rotatable bonds is 8. The Hall–Kier alpha value is -7.22. The normalized spacial score (nSPS) is 17.0. The number of benzene rings is 2. The minimum Gasteiger partial charge on any atom is -0.489 e. The van der Waals surface area contributed by atoms with Crippen LogP contribution in [-0.2, 0) is 9.31 Å². The van der Waals surface area contributed by atoms with Crippen LogP contribution in [0.3, 0.4) is 0 Å². The third-order valence-electron chi connectivity index (χ3n) is 15.2. The first-order chi connectivity index (χ1) is 37.6. The first-order valence-electron chi connectivity index (χ1n) is 26.7. The Morgan fingerprint density at radius 1 is 0.538 bits per heavy atom. The Balaban J connectivity index is 0.000000129. The van der Waals surface area contributed by atoms with Crippen LogP contribution >= 0.6 is 15.9 Å². The zero-order valence-electron chi connectivity index (χ0n) is 45.5. The van der Waals surface area contributed by atoms with Crippen LogP contribution < -0.4 is 14.9 Å². The van der Waals surface area contributed by atoms with Gasteiger partial charge in [0.25, 0.3) is 0 Å². The highest BCUT2D eigenvalue weighted by Crippen LogP contribution is 2.37. The molecular formula is C60H64BBrN12O4. The predicted molar refractivity (Wildman–Crippen MR) is 310 cm³/mol. The SMILES string of the molecule is CN1CCC(Oc2ccc(-c3cnc4c(Br)cnn4c3)nc2)CC1.Cc1ccc2c(-c3cnn4cc(-c5ccc(OC6CCN(C)CC6)cn5)cnc34)cccc2n1.Cc1ccc2c(B3OC(C)(C)C(C)(C)O3)cccc2n1. The zero-order valence-corrected chi connectivity index (χ0v) is 47.1. The quantitative estimate of drug-likeness (QED) is 0.133. The van der Waals surface area contributed by atoms with Crippen molar-refractivity contribution in [2.24, 2.45) is 0 Å². The van der Waals surface area contributed by atoms with Gasteiger partial charge in [0.05, 0.1) is 62.9 Å². The summed E-state index contributed by atoms with van der Waals surface area (Å²) in [7, 11) is 3.96. The molecule has 78 heavy (non-hydrogen) atoms. The molecule has 2 aromatic carbocycles. The second-order valence-electron chi connectivity index (χ2n) is 21.6. The monoisotopic (exact) mass is 1110 g/mol. The van der Waals surface area contributed by atoms with E-state index in [9.17, 15) is 0 Å². The Bertz CT molecular complexity index is 3710. The standard InChI is InChI=1S/C27H26N6O.C17H18BrN5O.C16H20BNO2/c1-18-6-8-23-22(4-3-5-26(23)31-18)24-16-30-33-17-19(14-29-27(24)33)25-9-7-21(15-28-25)34-20-10-12-32(2)13-11-20;1-22-6-4-13(5-7-22)24-14-2-3-16(19-9-14)12-8-20-17-15(18)10-21-23(17)11-12;1-11-9-10-12-13(7-6-8-14(12)18-11)17-19-15(2,3)16(4,5)20-17/h3-9,14-17,20H,10-13H2,1-2H3;2-3,8-11,13H,4-7H2,1H3;6-10H,1-5H3. The Morgan fingerprint density at radius 2 is 1.04 bits per heavy atom. The third-order valence-corrected chi connectivity index (χ3v) is 15.8. The fourth-order valence-electron chi connectivity index (χ4n) is 9.95. The third kappa shape index (κ3) is 11.5. The maximum Gasteiger partial charge on any atom is 0.495 e. The van der Waals surface area contributed by atoms with E-state index in [0.29, 0.717) is 0 Å². The van der Waals surface area contributed by atoms with Crippen LogP contribution in [0, 0.1) is 13.8 Å². The smallest absolute Gasteiger partial charge is 0.489 e. The molecule has 0 saturated carbocycles. The van der Waals surface area contributed by atoms with Crippen molar-refractivity contribution >= 4 is 61.6 Å². The average molecular weight is 1110 g/mol. The summed E-state index contributed by atoms with van der Waals surface area (Å²) in [5, 5.41) is 11.0. The lowest BCUT2D eigenvalue weighted by atomic mass is 9.76. The maximum absolute atomic E-state index is 6.14. The lowest BCUT2D eigenvalue weighted by molar-refractivity contribution is 0.00578. The molecule has 0 bridgehead atoms. The summed E-state index contributed by atoms with van der Waals surface area (Å²) >= 11 is 3.43. The average Bonchev–Trinajstić information content (AvgIpc) is 4.25. The van der Waals surface area contributed by atoms with E-state index in [2.05, 4.69) is 127 Å². The van der Waals surface area contributed by atoms with Crippen molar-refractivity contribution in [3.05, 3.63) is 150 Å². The molecule has 0 amide bonds. The number of aryl methyl sites for hydroxylation is 2. The van der Waals surface area contributed by atoms with E-state index in [1.165, 1.54) is 0 Å². The number of halogens is 1. The molecule has 398 valence electrons. The Labute approximate surface area is 463 Å². The highest BCUT2D eigenvalue weighted by atomic mass is 79.9. The number of piperidine rings is 2. The molecule has 0 aliphatic carbocycles. The maximum atomic E-state index is 6.14. The van der Waals surface area contributed by atoms with E-state index >= 15 is 0 Å². The van der Waals surface area contributed by atoms with Crippen molar-refractivity contribution in [1.29, 1.82) is 0 Å². The minimum absolute atomic E-state index is 0.262. The lowest BCUT2D eigenvalue weighted by Crippen LogP contribution is -2.41. The molecule has 10 aromatic rings. The van der Waals surface area contributed by atoms with Crippen LogP contribution in [0.25, 0.3) is 66.7 Å². The molecular weight excluding hydrogens is 1040 g/mol. The summed E-state index contributed by atoms with van der Waals surface area (Å²) in [6.45, 7) is 16.6. The molecule has 13 rings (SSSR count). The van der Waals surface area contributed by atoms with Gasteiger partial charge in [-0.25, -0.2) is 19.0 Å². The van der Waals surface area contributed by atoms with Crippen LogP contribution in [-0.4, -0.2) is 130 Å². The van der Waals surface area contributed by atoms with E-state index in [4.69, 9.17) is 23.8 Å². The number of nitrogens with zero attached hydrogens (tertiary/aromatic N) is 12. The number of fused-ring (bicyclic) bond motifs is 4. The summed E-state index contributed by atoms with van der Waals surface area (Å²) in [6.07, 6.45) is 19.5. The van der Waals surface area contributed by atoms with E-state index in [-0.39, 0.29) is 30.5 Å². The molecule has 0 unspecified atom stereocenters. The van der Waals surface area contributed by atoms with Crippen molar-refractivity contribution in [3.8, 4) is 45.1 Å². The van der Waals surface area contributed by atoms with Gasteiger partial charge < -0.3 is 28.6 Å². The van der Waals surface area contributed by atoms with Crippen LogP contribution in [0.5, 0.6) is 11.5 Å². The molecule has 3 saturated heterocycles. The van der Waals surface area contributed by atoms with Crippen molar-refractivity contribution in [1.82, 2.24) is 58.9 Å². The van der Waals surface area contributed by atoms with Gasteiger partial charge in [0.1, 0.15) is 23.7 Å². The number of likely N-dealkylation sites (tertiary alicyclic amines) is 2. The minimum atomic E-state index is -0.340. The summed E-state index contributed by atoms with van der Waals surface area (Å²) in [6, 6.07) is 28.4.